The van der Waals surface area contributed by atoms with Gasteiger partial charge in [0.15, 0.2) is 5.03 Å². The number of pyridine rings is 1. The van der Waals surface area contributed by atoms with E-state index < -0.39 is 10.0 Å². The van der Waals surface area contributed by atoms with E-state index in [9.17, 15) is 8.42 Å². The number of anilines is 1. The van der Waals surface area contributed by atoms with Gasteiger partial charge in [0.25, 0.3) is 10.0 Å². The monoisotopic (exact) mass is 309 g/mol. The highest BCUT2D eigenvalue weighted by Crippen LogP contribution is 2.16. The van der Waals surface area contributed by atoms with Crippen molar-refractivity contribution in [1.29, 1.82) is 0 Å². The minimum Gasteiger partial charge on any atom is -0.386 e. The molecule has 2 rings (SSSR count). The van der Waals surface area contributed by atoms with E-state index in [0.29, 0.717) is 18.7 Å². The number of nitrogens with one attached hydrogen (secondary N) is 3. The normalized spacial score (nSPS) is 11.5. The van der Waals surface area contributed by atoms with Crippen LogP contribution in [0.2, 0.25) is 0 Å². The average molecular weight is 309 g/mol. The second-order valence-electron chi connectivity index (χ2n) is 4.63. The topological polar surface area (TPSA) is 99.8 Å². The first-order chi connectivity index (χ1) is 10.0. The lowest BCUT2D eigenvalue weighted by Gasteiger charge is -2.09. The van der Waals surface area contributed by atoms with Crippen molar-refractivity contribution in [1.82, 2.24) is 19.9 Å². The van der Waals surface area contributed by atoms with E-state index >= 15 is 0 Å². The first-order valence-electron chi connectivity index (χ1n) is 6.66. The fourth-order valence-corrected chi connectivity index (χ4v) is 3.19. The minimum atomic E-state index is -3.60. The van der Waals surface area contributed by atoms with Crippen LogP contribution in [0, 0.1) is 6.92 Å². The molecule has 0 saturated heterocycles. The largest absolute Gasteiger partial charge is 0.386 e. The van der Waals surface area contributed by atoms with E-state index in [1.54, 1.807) is 25.4 Å². The van der Waals surface area contributed by atoms with Crippen LogP contribution in [0.3, 0.4) is 0 Å². The molecule has 21 heavy (non-hydrogen) atoms. The fourth-order valence-electron chi connectivity index (χ4n) is 1.98. The Hall–Kier alpha value is -1.93. The molecule has 0 atom stereocenters. The third kappa shape index (κ3) is 3.79. The molecule has 0 aliphatic rings. The quantitative estimate of drug-likeness (QED) is 0.664. The maximum atomic E-state index is 12.2. The Labute approximate surface area is 124 Å². The summed E-state index contributed by atoms with van der Waals surface area (Å²) < 4.78 is 27.0. The summed E-state index contributed by atoms with van der Waals surface area (Å²) in [5.41, 5.74) is 2.60. The summed E-state index contributed by atoms with van der Waals surface area (Å²) in [6.45, 7) is 2.30. The number of rotatable bonds is 7. The number of hydrogen-bond acceptors (Lipinski definition) is 5. The second-order valence-corrected chi connectivity index (χ2v) is 6.31. The van der Waals surface area contributed by atoms with Gasteiger partial charge in [-0.15, -0.1) is 0 Å². The number of hydrogen-bond donors (Lipinski definition) is 3. The zero-order chi connectivity index (χ0) is 15.3. The molecule has 0 bridgehead atoms. The van der Waals surface area contributed by atoms with Crippen molar-refractivity contribution < 1.29 is 8.42 Å². The van der Waals surface area contributed by atoms with E-state index in [1.807, 2.05) is 6.92 Å². The molecule has 0 unspecified atom stereocenters. The molecule has 0 aliphatic carbocycles. The third-order valence-electron chi connectivity index (χ3n) is 3.14. The lowest BCUT2D eigenvalue weighted by molar-refractivity contribution is 0.575. The summed E-state index contributed by atoms with van der Waals surface area (Å²) in [6.07, 6.45) is 4.69. The number of H-pyrrole nitrogens is 1. The van der Waals surface area contributed by atoms with E-state index in [0.717, 1.165) is 17.7 Å². The standard InChI is InChI=1S/C13H19N5O2S/c1-10-11(9-16-18-10)5-3-8-17-21(19,20)13-12(14-2)6-4-7-15-13/h4,6-7,9,14,17H,3,5,8H2,1-2H3,(H,16,18). The van der Waals surface area contributed by atoms with Crippen molar-refractivity contribution in [3.05, 3.63) is 35.8 Å². The van der Waals surface area contributed by atoms with Gasteiger partial charge >= 0.3 is 0 Å². The van der Waals surface area contributed by atoms with E-state index in [4.69, 9.17) is 0 Å². The Morgan fingerprint density at radius 3 is 2.86 bits per heavy atom. The van der Waals surface area contributed by atoms with Crippen LogP contribution in [0.4, 0.5) is 5.69 Å². The maximum Gasteiger partial charge on any atom is 0.260 e. The lowest BCUT2D eigenvalue weighted by Crippen LogP contribution is -2.26. The predicted molar refractivity (Wildman–Crippen MR) is 80.6 cm³/mol. The van der Waals surface area contributed by atoms with Crippen molar-refractivity contribution in [2.45, 2.75) is 24.8 Å². The van der Waals surface area contributed by atoms with Crippen LogP contribution in [0.5, 0.6) is 0 Å². The fraction of sp³-hybridized carbons (Fsp3) is 0.385. The summed E-state index contributed by atoms with van der Waals surface area (Å²) in [6, 6.07) is 3.36. The van der Waals surface area contributed by atoms with Gasteiger partial charge in [-0.1, -0.05) is 0 Å². The third-order valence-corrected chi connectivity index (χ3v) is 4.56. The zero-order valence-corrected chi connectivity index (χ0v) is 12.9. The molecule has 2 aromatic rings. The molecule has 0 radical (unpaired) electrons. The highest BCUT2D eigenvalue weighted by Gasteiger charge is 2.18. The van der Waals surface area contributed by atoms with Crippen LogP contribution in [-0.4, -0.2) is 37.2 Å². The molecule has 2 heterocycles. The molecule has 3 N–H and O–H groups in total. The first kappa shape index (κ1) is 15.5. The molecule has 0 aromatic carbocycles. The highest BCUT2D eigenvalue weighted by atomic mass is 32.2. The summed E-state index contributed by atoms with van der Waals surface area (Å²) in [5.74, 6) is 0. The summed E-state index contributed by atoms with van der Waals surface area (Å²) >= 11 is 0. The molecule has 0 amide bonds. The van der Waals surface area contributed by atoms with Crippen molar-refractivity contribution in [2.75, 3.05) is 18.9 Å². The number of aryl methyl sites for hydroxylation is 2. The smallest absolute Gasteiger partial charge is 0.260 e. The second kappa shape index (κ2) is 6.68. The molecule has 0 spiro atoms. The Balaban J connectivity index is 1.94. The van der Waals surface area contributed by atoms with Crippen LogP contribution < -0.4 is 10.0 Å². The predicted octanol–water partition coefficient (Wildman–Crippen LogP) is 1.07. The Morgan fingerprint density at radius 1 is 1.38 bits per heavy atom. The average Bonchev–Trinajstić information content (AvgIpc) is 2.89. The van der Waals surface area contributed by atoms with Gasteiger partial charge in [0.1, 0.15) is 0 Å². The van der Waals surface area contributed by atoms with Crippen molar-refractivity contribution in [3.63, 3.8) is 0 Å². The van der Waals surface area contributed by atoms with Gasteiger partial charge in [0.2, 0.25) is 0 Å². The van der Waals surface area contributed by atoms with Crippen molar-refractivity contribution in [3.8, 4) is 0 Å². The Morgan fingerprint density at radius 2 is 2.19 bits per heavy atom. The molecule has 0 fully saturated rings. The minimum absolute atomic E-state index is 0.0204. The summed E-state index contributed by atoms with van der Waals surface area (Å²) in [5, 5.41) is 9.65. The Kier molecular flexibility index (Phi) is 4.92. The molecule has 2 aromatic heterocycles. The van der Waals surface area contributed by atoms with Crippen LogP contribution >= 0.6 is 0 Å². The molecule has 8 heteroatoms. The number of aromatic amines is 1. The van der Waals surface area contributed by atoms with Gasteiger partial charge in [-0.3, -0.25) is 5.10 Å². The number of aromatic nitrogens is 3. The van der Waals surface area contributed by atoms with Crippen LogP contribution in [0.25, 0.3) is 0 Å². The molecule has 0 saturated carbocycles. The van der Waals surface area contributed by atoms with Gasteiger partial charge in [-0.2, -0.15) is 5.10 Å². The van der Waals surface area contributed by atoms with Crippen LogP contribution in [-0.2, 0) is 16.4 Å². The molecular formula is C13H19N5O2S. The molecule has 0 aliphatic heterocycles. The lowest BCUT2D eigenvalue weighted by atomic mass is 10.1. The first-order valence-corrected chi connectivity index (χ1v) is 8.14. The van der Waals surface area contributed by atoms with Crippen LogP contribution in [0.15, 0.2) is 29.6 Å². The van der Waals surface area contributed by atoms with E-state index in [1.165, 1.54) is 6.20 Å². The van der Waals surface area contributed by atoms with E-state index in [2.05, 4.69) is 25.2 Å². The van der Waals surface area contributed by atoms with Gasteiger partial charge < -0.3 is 5.32 Å². The number of sulfonamides is 1. The summed E-state index contributed by atoms with van der Waals surface area (Å²) in [4.78, 5) is 3.94. The SMILES string of the molecule is CNc1cccnc1S(=O)(=O)NCCCc1cn[nH]c1C. The Bertz CT molecular complexity index is 696. The van der Waals surface area contributed by atoms with Gasteiger partial charge in [-0.25, -0.2) is 18.1 Å². The highest BCUT2D eigenvalue weighted by molar-refractivity contribution is 7.89. The summed E-state index contributed by atoms with van der Waals surface area (Å²) in [7, 11) is -1.94. The molecule has 7 nitrogen and oxygen atoms in total. The van der Waals surface area contributed by atoms with Gasteiger partial charge in [-0.05, 0) is 37.5 Å². The molecule has 114 valence electrons. The number of nitrogens with zero attached hydrogens (tertiary/aromatic N) is 2. The van der Waals surface area contributed by atoms with E-state index in [-0.39, 0.29) is 5.03 Å². The van der Waals surface area contributed by atoms with Crippen molar-refractivity contribution >= 4 is 15.7 Å². The molecular weight excluding hydrogens is 290 g/mol. The van der Waals surface area contributed by atoms with Crippen LogP contribution in [0.1, 0.15) is 17.7 Å². The van der Waals surface area contributed by atoms with Gasteiger partial charge in [0.05, 0.1) is 11.9 Å². The van der Waals surface area contributed by atoms with Gasteiger partial charge in [0, 0.05) is 25.5 Å². The van der Waals surface area contributed by atoms with Crippen molar-refractivity contribution in [2.24, 2.45) is 0 Å². The zero-order valence-electron chi connectivity index (χ0n) is 12.0. The maximum absolute atomic E-state index is 12.2.